The molecule has 5 N–H and O–H groups in total. The summed E-state index contributed by atoms with van der Waals surface area (Å²) >= 11 is 0. The minimum Gasteiger partial charge on any atom is -0.548 e. The van der Waals surface area contributed by atoms with Crippen LogP contribution in [0.15, 0.2) is 0 Å². The summed E-state index contributed by atoms with van der Waals surface area (Å²) in [4.78, 5) is 10.0. The molecule has 0 aromatic rings. The van der Waals surface area contributed by atoms with Crippen molar-refractivity contribution in [2.45, 2.75) is 51.0 Å². The minimum atomic E-state index is -1.18. The predicted octanol–water partition coefficient (Wildman–Crippen LogP) is -0.562. The van der Waals surface area contributed by atoms with E-state index in [1.165, 1.54) is 25.8 Å². The zero-order valence-electron chi connectivity index (χ0n) is 14.0. The van der Waals surface area contributed by atoms with Crippen LogP contribution in [0.4, 0.5) is 0 Å². The molecular weight excluding hydrogens is 270 g/mol. The van der Waals surface area contributed by atoms with E-state index in [9.17, 15) is 9.90 Å². The lowest BCUT2D eigenvalue weighted by Crippen LogP contribution is -2.41. The van der Waals surface area contributed by atoms with Gasteiger partial charge in [0, 0.05) is 12.6 Å². The maximum absolute atomic E-state index is 10.0. The summed E-state index contributed by atoms with van der Waals surface area (Å²) in [5, 5.41) is 18.5. The molecule has 0 aliphatic heterocycles. The third kappa shape index (κ3) is 21.8. The lowest BCUT2D eigenvalue weighted by Gasteiger charge is -2.23. The Morgan fingerprint density at radius 3 is 2.10 bits per heavy atom. The number of aliphatic carboxylic acids is 1. The third-order valence-corrected chi connectivity index (χ3v) is 3.01. The molecular formula is C15H35N3O3. The van der Waals surface area contributed by atoms with Crippen molar-refractivity contribution < 1.29 is 19.5 Å². The Hall–Kier alpha value is -0.690. The lowest BCUT2D eigenvalue weighted by molar-refractivity contribution is -0.870. The van der Waals surface area contributed by atoms with Crippen molar-refractivity contribution in [1.82, 2.24) is 0 Å². The van der Waals surface area contributed by atoms with E-state index in [0.29, 0.717) is 19.6 Å². The fourth-order valence-corrected chi connectivity index (χ4v) is 1.68. The highest BCUT2D eigenvalue weighted by Crippen LogP contribution is 2.02. The molecule has 128 valence electrons. The van der Waals surface area contributed by atoms with Gasteiger partial charge in [0.1, 0.15) is 0 Å². The molecule has 0 aliphatic carbocycles. The highest BCUT2D eigenvalue weighted by molar-refractivity contribution is 5.70. The molecule has 0 bridgehead atoms. The molecule has 0 spiro atoms. The van der Waals surface area contributed by atoms with Crippen molar-refractivity contribution >= 4 is 5.97 Å². The summed E-state index contributed by atoms with van der Waals surface area (Å²) in [7, 11) is 6.64. The first-order valence-electron chi connectivity index (χ1n) is 7.82. The van der Waals surface area contributed by atoms with E-state index in [-0.39, 0.29) is 0 Å². The molecule has 0 rings (SSSR count). The summed E-state index contributed by atoms with van der Waals surface area (Å²) < 4.78 is 1.05. The third-order valence-electron chi connectivity index (χ3n) is 3.01. The largest absolute Gasteiger partial charge is 0.548 e. The Morgan fingerprint density at radius 1 is 1.10 bits per heavy atom. The number of nitrogens with zero attached hydrogens (tertiary/aromatic N) is 1. The van der Waals surface area contributed by atoms with Gasteiger partial charge in [0.25, 0.3) is 0 Å². The van der Waals surface area contributed by atoms with Gasteiger partial charge in [-0.25, -0.2) is 0 Å². The number of nitrogens with two attached hydrogens (primary N) is 2. The van der Waals surface area contributed by atoms with Crippen LogP contribution in [-0.4, -0.2) is 62.4 Å². The van der Waals surface area contributed by atoms with E-state index in [0.717, 1.165) is 23.7 Å². The fraction of sp³-hybridized carbons (Fsp3) is 0.933. The highest BCUT2D eigenvalue weighted by atomic mass is 16.4. The first-order chi connectivity index (χ1) is 9.74. The number of unbranched alkanes of at least 4 members (excludes halogenated alkanes) is 4. The van der Waals surface area contributed by atoms with Crippen LogP contribution in [-0.2, 0) is 4.79 Å². The number of hydrogen-bond donors (Lipinski definition) is 3. The number of carboxylic acids is 1. The van der Waals surface area contributed by atoms with Crippen LogP contribution in [0.5, 0.6) is 0 Å². The Kier molecular flexibility index (Phi) is 15.3. The summed E-state index contributed by atoms with van der Waals surface area (Å²) in [6, 6.07) is -0.827. The Morgan fingerprint density at radius 2 is 1.67 bits per heavy atom. The molecule has 0 amide bonds. The van der Waals surface area contributed by atoms with Gasteiger partial charge in [-0.1, -0.05) is 12.8 Å². The maximum Gasteiger partial charge on any atom is 0.0780 e. The average molecular weight is 305 g/mol. The predicted molar refractivity (Wildman–Crippen MR) is 84.3 cm³/mol. The SMILES string of the molecule is C[N+](C)(C)CCCCCCO.NCCCC[C@H](N)C(=O)[O-]. The second-order valence-corrected chi connectivity index (χ2v) is 6.36. The highest BCUT2D eigenvalue weighted by Gasteiger charge is 2.04. The van der Waals surface area contributed by atoms with Crippen molar-refractivity contribution in [1.29, 1.82) is 0 Å². The average Bonchev–Trinajstić information content (AvgIpc) is 2.38. The quantitative estimate of drug-likeness (QED) is 0.350. The number of aliphatic hydroxyl groups is 1. The molecule has 0 saturated carbocycles. The van der Waals surface area contributed by atoms with Gasteiger partial charge >= 0.3 is 0 Å². The van der Waals surface area contributed by atoms with Gasteiger partial charge in [-0.15, -0.1) is 0 Å². The van der Waals surface area contributed by atoms with Gasteiger partial charge in [-0.2, -0.15) is 0 Å². The van der Waals surface area contributed by atoms with Crippen LogP contribution in [0.3, 0.4) is 0 Å². The second kappa shape index (κ2) is 14.3. The Balaban J connectivity index is 0. The number of rotatable bonds is 11. The van der Waals surface area contributed by atoms with Gasteiger partial charge in [0.05, 0.1) is 33.7 Å². The summed E-state index contributed by atoms with van der Waals surface area (Å²) in [5.74, 6) is -1.18. The van der Waals surface area contributed by atoms with Crippen molar-refractivity contribution in [2.75, 3.05) is 40.8 Å². The van der Waals surface area contributed by atoms with Crippen molar-refractivity contribution in [3.05, 3.63) is 0 Å². The number of hydrogen-bond acceptors (Lipinski definition) is 5. The van der Waals surface area contributed by atoms with Crippen LogP contribution in [0.25, 0.3) is 0 Å². The van der Waals surface area contributed by atoms with Crippen LogP contribution in [0.2, 0.25) is 0 Å². The molecule has 0 fully saturated rings. The number of quaternary nitrogens is 1. The first-order valence-corrected chi connectivity index (χ1v) is 7.82. The van der Waals surface area contributed by atoms with Gasteiger partial charge < -0.3 is 31.0 Å². The molecule has 0 saturated heterocycles. The van der Waals surface area contributed by atoms with Crippen LogP contribution in [0, 0.1) is 0 Å². The van der Waals surface area contributed by atoms with Crippen molar-refractivity contribution in [3.63, 3.8) is 0 Å². The summed E-state index contributed by atoms with van der Waals surface area (Å²) in [5.41, 5.74) is 10.3. The maximum atomic E-state index is 10.0. The monoisotopic (exact) mass is 305 g/mol. The number of carboxylic acid groups (broad SMARTS) is 1. The van der Waals surface area contributed by atoms with E-state index in [1.807, 2.05) is 0 Å². The van der Waals surface area contributed by atoms with Crippen LogP contribution < -0.4 is 16.6 Å². The van der Waals surface area contributed by atoms with Gasteiger partial charge in [0.2, 0.25) is 0 Å². The number of carbonyl (C=O) groups is 1. The Labute approximate surface area is 129 Å². The fourth-order valence-electron chi connectivity index (χ4n) is 1.68. The molecule has 0 aliphatic rings. The van der Waals surface area contributed by atoms with Gasteiger partial charge in [0.15, 0.2) is 0 Å². The minimum absolute atomic E-state index is 0.352. The van der Waals surface area contributed by atoms with Crippen LogP contribution >= 0.6 is 0 Å². The second-order valence-electron chi connectivity index (χ2n) is 6.36. The molecule has 0 radical (unpaired) electrons. The van der Waals surface area contributed by atoms with Gasteiger partial charge in [-0.05, 0) is 38.6 Å². The molecule has 0 aromatic carbocycles. The normalized spacial score (nSPS) is 12.5. The molecule has 6 heteroatoms. The van der Waals surface area contributed by atoms with E-state index in [1.54, 1.807) is 0 Å². The summed E-state index contributed by atoms with van der Waals surface area (Å²) in [6.07, 6.45) is 6.72. The zero-order valence-corrected chi connectivity index (χ0v) is 14.0. The van der Waals surface area contributed by atoms with E-state index >= 15 is 0 Å². The standard InChI is InChI=1S/C9H22NO.C6H14N2O2/c1-10(2,3)8-6-4-5-7-9-11;7-4-2-1-3-5(8)6(9)10/h11H,4-9H2,1-3H3;5H,1-4,7-8H2,(H,9,10)/q+1;/p-1/t;5-/m.0/s1. The molecule has 0 aromatic heterocycles. The number of aliphatic hydroxyl groups excluding tert-OH is 1. The number of carbonyl (C=O) groups excluding carboxylic acids is 1. The van der Waals surface area contributed by atoms with Gasteiger partial charge in [-0.3, -0.25) is 0 Å². The van der Waals surface area contributed by atoms with E-state index in [4.69, 9.17) is 16.6 Å². The molecule has 0 unspecified atom stereocenters. The Bertz CT molecular complexity index is 243. The molecule has 6 nitrogen and oxygen atoms in total. The molecule has 0 heterocycles. The van der Waals surface area contributed by atoms with Crippen molar-refractivity contribution in [2.24, 2.45) is 11.5 Å². The lowest BCUT2D eigenvalue weighted by atomic mass is 10.1. The topological polar surface area (TPSA) is 112 Å². The van der Waals surface area contributed by atoms with E-state index in [2.05, 4.69) is 21.1 Å². The van der Waals surface area contributed by atoms with E-state index < -0.39 is 12.0 Å². The smallest absolute Gasteiger partial charge is 0.0780 e. The van der Waals surface area contributed by atoms with Crippen molar-refractivity contribution in [3.8, 4) is 0 Å². The zero-order chi connectivity index (χ0) is 16.7. The molecule has 1 atom stereocenters. The molecule has 21 heavy (non-hydrogen) atoms. The summed E-state index contributed by atoms with van der Waals surface area (Å²) in [6.45, 7) is 2.18. The first kappa shape index (κ1) is 22.6. The van der Waals surface area contributed by atoms with Crippen LogP contribution in [0.1, 0.15) is 44.9 Å².